The summed E-state index contributed by atoms with van der Waals surface area (Å²) in [5.74, 6) is -0.0719. The zero-order chi connectivity index (χ0) is 25.7. The lowest BCUT2D eigenvalue weighted by molar-refractivity contribution is 0.143. The van der Waals surface area contributed by atoms with Gasteiger partial charge in [0.1, 0.15) is 0 Å². The highest BCUT2D eigenvalue weighted by Crippen LogP contribution is 2.29. The topological polar surface area (TPSA) is 87.7 Å². The van der Waals surface area contributed by atoms with Crippen molar-refractivity contribution in [2.45, 2.75) is 49.2 Å². The zero-order valence-electron chi connectivity index (χ0n) is 20.6. The number of amides is 2. The second-order valence-electron chi connectivity index (χ2n) is 9.24. The van der Waals surface area contributed by atoms with Crippen LogP contribution < -0.4 is 10.6 Å². The Labute approximate surface area is 213 Å². The normalized spacial score (nSPS) is 18.9. The molecule has 2 atom stereocenters. The Morgan fingerprint density at radius 3 is 2.58 bits per heavy atom. The van der Waals surface area contributed by atoms with Crippen LogP contribution in [0.5, 0.6) is 0 Å². The number of rotatable bonds is 9. The molecule has 0 bridgehead atoms. The number of urea groups is 1. The Kier molecular flexibility index (Phi) is 8.08. The molecule has 0 aliphatic carbocycles. The van der Waals surface area contributed by atoms with Crippen LogP contribution >= 0.6 is 0 Å². The van der Waals surface area contributed by atoms with Crippen LogP contribution in [0.25, 0.3) is 0 Å². The molecular formula is C28H33N3O4S. The Morgan fingerprint density at radius 1 is 1.17 bits per heavy atom. The monoisotopic (exact) mass is 507 g/mol. The fourth-order valence-electron chi connectivity index (χ4n) is 4.65. The van der Waals surface area contributed by atoms with E-state index in [9.17, 15) is 13.2 Å². The second-order valence-corrected chi connectivity index (χ2v) is 11.2. The molecule has 2 N–H and O–H groups in total. The van der Waals surface area contributed by atoms with Crippen LogP contribution in [0.15, 0.2) is 84.3 Å². The summed E-state index contributed by atoms with van der Waals surface area (Å²) in [7, 11) is -3.53. The summed E-state index contributed by atoms with van der Waals surface area (Å²) in [4.78, 5) is 15.0. The van der Waals surface area contributed by atoms with Gasteiger partial charge in [-0.3, -0.25) is 4.90 Å². The van der Waals surface area contributed by atoms with Crippen LogP contribution in [0.2, 0.25) is 0 Å². The summed E-state index contributed by atoms with van der Waals surface area (Å²) < 4.78 is 31.7. The lowest BCUT2D eigenvalue weighted by atomic mass is 10.1. The van der Waals surface area contributed by atoms with Crippen molar-refractivity contribution in [3.05, 3.63) is 96.1 Å². The molecule has 1 fully saturated rings. The van der Waals surface area contributed by atoms with Crippen molar-refractivity contribution in [3.63, 3.8) is 0 Å². The van der Waals surface area contributed by atoms with Crippen molar-refractivity contribution >= 4 is 21.6 Å². The molecule has 0 spiro atoms. The molecule has 0 aromatic heterocycles. The van der Waals surface area contributed by atoms with Gasteiger partial charge in [-0.1, -0.05) is 49.6 Å². The maximum absolute atomic E-state index is 13.1. The van der Waals surface area contributed by atoms with E-state index in [4.69, 9.17) is 4.74 Å². The lowest BCUT2D eigenvalue weighted by Gasteiger charge is -2.21. The van der Waals surface area contributed by atoms with Gasteiger partial charge >= 0.3 is 6.03 Å². The van der Waals surface area contributed by atoms with E-state index >= 15 is 0 Å². The van der Waals surface area contributed by atoms with Gasteiger partial charge in [0.15, 0.2) is 9.84 Å². The first-order chi connectivity index (χ1) is 17.3. The number of carbonyl (C=O) groups excluding carboxylic acids is 1. The lowest BCUT2D eigenvalue weighted by Crippen LogP contribution is -2.36. The van der Waals surface area contributed by atoms with Gasteiger partial charge in [0.05, 0.1) is 23.3 Å². The molecule has 2 aliphatic rings. The molecule has 2 aromatic rings. The smallest absolute Gasteiger partial charge is 0.319 e. The predicted molar refractivity (Wildman–Crippen MR) is 142 cm³/mol. The molecule has 7 nitrogen and oxygen atoms in total. The number of hydrogen-bond acceptors (Lipinski definition) is 5. The van der Waals surface area contributed by atoms with Crippen LogP contribution in [0.4, 0.5) is 10.5 Å². The summed E-state index contributed by atoms with van der Waals surface area (Å²) in [6.45, 7) is 12.5. The summed E-state index contributed by atoms with van der Waals surface area (Å²) in [6, 6.07) is 12.0. The number of anilines is 1. The van der Waals surface area contributed by atoms with Crippen molar-refractivity contribution in [2.24, 2.45) is 0 Å². The summed E-state index contributed by atoms with van der Waals surface area (Å²) in [6.07, 6.45) is 6.12. The number of sulfone groups is 1. The Morgan fingerprint density at radius 2 is 1.92 bits per heavy atom. The molecule has 2 aliphatic heterocycles. The Bertz CT molecular complexity index is 1260. The summed E-state index contributed by atoms with van der Waals surface area (Å²) >= 11 is 0. The van der Waals surface area contributed by atoms with Crippen molar-refractivity contribution < 1.29 is 17.9 Å². The fourth-order valence-corrected chi connectivity index (χ4v) is 5.99. The van der Waals surface area contributed by atoms with Crippen molar-refractivity contribution in [3.8, 4) is 0 Å². The van der Waals surface area contributed by atoms with E-state index in [-0.39, 0.29) is 16.7 Å². The van der Waals surface area contributed by atoms with E-state index in [0.717, 1.165) is 43.9 Å². The van der Waals surface area contributed by atoms with Crippen molar-refractivity contribution in [1.82, 2.24) is 10.2 Å². The first-order valence-electron chi connectivity index (χ1n) is 12.1. The standard InChI is InChI=1S/C28H33N3O4S/c1-4-6-22(5-2)20(3)29-28(32)30-25-9-11-27(12-10-25)36(33,34)19-21-7-8-23-16-31(17-24(23)15-21)26-13-14-35-18-26/h4-12,15,20,26H,1-2,13-14,16-19H2,3H3,(H2,29,30,32)/b22-6+. The van der Waals surface area contributed by atoms with Gasteiger partial charge in [0, 0.05) is 31.4 Å². The van der Waals surface area contributed by atoms with E-state index in [1.807, 2.05) is 25.1 Å². The fraction of sp³-hybridized carbons (Fsp3) is 0.321. The van der Waals surface area contributed by atoms with E-state index in [0.29, 0.717) is 11.7 Å². The second kappa shape index (κ2) is 11.2. The van der Waals surface area contributed by atoms with E-state index in [1.54, 1.807) is 30.4 Å². The zero-order valence-corrected chi connectivity index (χ0v) is 21.4. The first-order valence-corrected chi connectivity index (χ1v) is 13.7. The third kappa shape index (κ3) is 6.13. The SMILES string of the molecule is C=C/C=C(\C=C)C(C)NC(=O)Nc1ccc(S(=O)(=O)Cc2ccc3c(c2)CN(C2CCOC2)C3)cc1. The molecule has 0 saturated carbocycles. The predicted octanol–water partition coefficient (Wildman–Crippen LogP) is 4.57. The quantitative estimate of drug-likeness (QED) is 0.486. The number of nitrogens with one attached hydrogen (secondary N) is 2. The molecule has 2 heterocycles. The highest BCUT2D eigenvalue weighted by atomic mass is 32.2. The average molecular weight is 508 g/mol. The first kappa shape index (κ1) is 25.9. The van der Waals surface area contributed by atoms with E-state index in [2.05, 4.69) is 28.7 Å². The number of benzene rings is 2. The highest BCUT2D eigenvalue weighted by molar-refractivity contribution is 7.90. The maximum Gasteiger partial charge on any atom is 0.319 e. The number of nitrogens with zero attached hydrogens (tertiary/aromatic N) is 1. The minimum absolute atomic E-state index is 0.0719. The van der Waals surface area contributed by atoms with Gasteiger partial charge in [-0.15, -0.1) is 0 Å². The van der Waals surface area contributed by atoms with Crippen molar-refractivity contribution in [2.75, 3.05) is 18.5 Å². The maximum atomic E-state index is 13.1. The highest BCUT2D eigenvalue weighted by Gasteiger charge is 2.29. The molecule has 2 unspecified atom stereocenters. The summed E-state index contributed by atoms with van der Waals surface area (Å²) in [5.41, 5.74) is 4.55. The largest absolute Gasteiger partial charge is 0.380 e. The number of fused-ring (bicyclic) bond motifs is 1. The third-order valence-electron chi connectivity index (χ3n) is 6.66. The van der Waals surface area contributed by atoms with Gasteiger partial charge in [0.2, 0.25) is 0 Å². The van der Waals surface area contributed by atoms with Crippen molar-refractivity contribution in [1.29, 1.82) is 0 Å². The average Bonchev–Trinajstić information content (AvgIpc) is 3.52. The van der Waals surface area contributed by atoms with Gasteiger partial charge in [0.25, 0.3) is 0 Å². The molecule has 8 heteroatoms. The Balaban J connectivity index is 1.36. The number of hydrogen-bond donors (Lipinski definition) is 2. The van der Waals surface area contributed by atoms with Crippen LogP contribution in [0.3, 0.4) is 0 Å². The third-order valence-corrected chi connectivity index (χ3v) is 8.36. The minimum atomic E-state index is -3.53. The van der Waals surface area contributed by atoms with E-state index < -0.39 is 15.9 Å². The molecule has 4 rings (SSSR count). The molecule has 190 valence electrons. The number of allylic oxidation sites excluding steroid dienone is 2. The van der Waals surface area contributed by atoms with Crippen LogP contribution in [0, 0.1) is 0 Å². The summed E-state index contributed by atoms with van der Waals surface area (Å²) in [5, 5.41) is 5.55. The van der Waals surface area contributed by atoms with Gasteiger partial charge in [-0.25, -0.2) is 13.2 Å². The van der Waals surface area contributed by atoms with Crippen LogP contribution in [-0.2, 0) is 33.4 Å². The molecular weight excluding hydrogens is 474 g/mol. The molecule has 2 amide bonds. The molecule has 1 saturated heterocycles. The van der Waals surface area contributed by atoms with E-state index in [1.165, 1.54) is 23.3 Å². The van der Waals surface area contributed by atoms with Crippen LogP contribution in [0.1, 0.15) is 30.0 Å². The van der Waals surface area contributed by atoms with Gasteiger partial charge < -0.3 is 15.4 Å². The van der Waals surface area contributed by atoms with Gasteiger partial charge in [-0.2, -0.15) is 0 Å². The molecule has 0 radical (unpaired) electrons. The van der Waals surface area contributed by atoms with Gasteiger partial charge in [-0.05, 0) is 59.9 Å². The molecule has 2 aromatic carbocycles. The van der Waals surface area contributed by atoms with Crippen LogP contribution in [-0.4, -0.2) is 44.6 Å². The number of carbonyl (C=O) groups is 1. The minimum Gasteiger partial charge on any atom is -0.380 e. The molecule has 36 heavy (non-hydrogen) atoms. The Hall–Kier alpha value is -3.20. The number of ether oxygens (including phenoxy) is 1.